The molecule has 106 valence electrons. The lowest BCUT2D eigenvalue weighted by Gasteiger charge is -2.05. The van der Waals surface area contributed by atoms with Gasteiger partial charge in [0, 0.05) is 12.4 Å². The zero-order chi connectivity index (χ0) is 14.5. The normalized spacial score (nSPS) is 10.9. The van der Waals surface area contributed by atoms with Crippen LogP contribution < -0.4 is 0 Å². The fraction of sp³-hybridized carbons (Fsp3) is 0.357. The molecule has 0 bridgehead atoms. The van der Waals surface area contributed by atoms with Crippen LogP contribution >= 0.6 is 11.8 Å². The first kappa shape index (κ1) is 14.6. The highest BCUT2D eigenvalue weighted by atomic mass is 32.2. The summed E-state index contributed by atoms with van der Waals surface area (Å²) in [5.74, 6) is -0.297. The molecular weight excluding hydrogens is 274 g/mol. The van der Waals surface area contributed by atoms with E-state index in [1.54, 1.807) is 17.1 Å². The van der Waals surface area contributed by atoms with E-state index < -0.39 is 5.97 Å². The first-order valence-corrected chi connectivity index (χ1v) is 7.38. The second-order valence-corrected chi connectivity index (χ2v) is 5.87. The van der Waals surface area contributed by atoms with Crippen LogP contribution in [-0.4, -0.2) is 31.6 Å². The summed E-state index contributed by atoms with van der Waals surface area (Å²) in [5.41, 5.74) is 1.87. The molecule has 0 unspecified atom stereocenters. The predicted molar refractivity (Wildman–Crippen MR) is 78.3 cm³/mol. The van der Waals surface area contributed by atoms with E-state index in [2.05, 4.69) is 23.9 Å². The van der Waals surface area contributed by atoms with Gasteiger partial charge in [-0.3, -0.25) is 9.78 Å². The first-order chi connectivity index (χ1) is 9.56. The largest absolute Gasteiger partial charge is 0.481 e. The summed E-state index contributed by atoms with van der Waals surface area (Å²) in [6.45, 7) is 4.27. The molecule has 0 amide bonds. The highest BCUT2D eigenvalue weighted by molar-refractivity contribution is 7.99. The number of carbonyl (C=O) groups is 1. The van der Waals surface area contributed by atoms with Crippen molar-refractivity contribution < 1.29 is 9.90 Å². The van der Waals surface area contributed by atoms with E-state index in [-0.39, 0.29) is 5.75 Å². The highest BCUT2D eigenvalue weighted by Crippen LogP contribution is 2.24. The number of hydrogen-bond donors (Lipinski definition) is 1. The number of thioether (sulfide) groups is 1. The minimum Gasteiger partial charge on any atom is -0.481 e. The van der Waals surface area contributed by atoms with Crippen LogP contribution in [0.5, 0.6) is 0 Å². The van der Waals surface area contributed by atoms with Crippen LogP contribution in [0.15, 0.2) is 35.6 Å². The number of carboxylic acids is 1. The van der Waals surface area contributed by atoms with E-state index in [0.717, 1.165) is 22.8 Å². The van der Waals surface area contributed by atoms with Crippen LogP contribution in [0.3, 0.4) is 0 Å². The van der Waals surface area contributed by atoms with Gasteiger partial charge in [-0.1, -0.05) is 25.6 Å². The molecule has 0 fully saturated rings. The lowest BCUT2D eigenvalue weighted by molar-refractivity contribution is -0.133. The summed E-state index contributed by atoms with van der Waals surface area (Å²) in [6.07, 6.45) is 4.27. The van der Waals surface area contributed by atoms with E-state index in [9.17, 15) is 4.79 Å². The van der Waals surface area contributed by atoms with Crippen molar-refractivity contribution in [2.75, 3.05) is 5.75 Å². The maximum absolute atomic E-state index is 10.7. The highest BCUT2D eigenvalue weighted by Gasteiger charge is 2.12. The van der Waals surface area contributed by atoms with Crippen LogP contribution in [0.4, 0.5) is 0 Å². The minimum atomic E-state index is -0.831. The van der Waals surface area contributed by atoms with Crippen molar-refractivity contribution in [3.63, 3.8) is 0 Å². The van der Waals surface area contributed by atoms with Gasteiger partial charge in [0.05, 0.1) is 17.1 Å². The van der Waals surface area contributed by atoms with Crippen molar-refractivity contribution in [2.45, 2.75) is 25.3 Å². The quantitative estimate of drug-likeness (QED) is 0.829. The fourth-order valence-electron chi connectivity index (χ4n) is 1.84. The van der Waals surface area contributed by atoms with E-state index in [1.165, 1.54) is 11.8 Å². The Bertz CT molecular complexity index is 581. The van der Waals surface area contributed by atoms with Gasteiger partial charge in [0.2, 0.25) is 0 Å². The number of carboxylic acid groups (broad SMARTS) is 1. The number of nitrogens with zero attached hydrogens (tertiary/aromatic N) is 3. The molecule has 20 heavy (non-hydrogen) atoms. The zero-order valence-electron chi connectivity index (χ0n) is 11.5. The maximum atomic E-state index is 10.7. The van der Waals surface area contributed by atoms with E-state index >= 15 is 0 Å². The van der Waals surface area contributed by atoms with Crippen LogP contribution in [0.2, 0.25) is 0 Å². The molecule has 6 heteroatoms. The Hall–Kier alpha value is -1.82. The molecule has 0 spiro atoms. The summed E-state index contributed by atoms with van der Waals surface area (Å²) in [6, 6.07) is 5.68. The first-order valence-electron chi connectivity index (χ1n) is 6.40. The maximum Gasteiger partial charge on any atom is 0.313 e. The second kappa shape index (κ2) is 6.56. The van der Waals surface area contributed by atoms with E-state index in [1.807, 2.05) is 18.2 Å². The Labute approximate surface area is 122 Å². The van der Waals surface area contributed by atoms with Crippen molar-refractivity contribution in [1.82, 2.24) is 14.8 Å². The molecule has 2 rings (SSSR count). The molecule has 2 heterocycles. The smallest absolute Gasteiger partial charge is 0.313 e. The van der Waals surface area contributed by atoms with Crippen molar-refractivity contribution in [1.29, 1.82) is 0 Å². The molecule has 0 saturated heterocycles. The average Bonchev–Trinajstić information content (AvgIpc) is 2.79. The van der Waals surface area contributed by atoms with Gasteiger partial charge in [-0.15, -0.1) is 0 Å². The second-order valence-electron chi connectivity index (χ2n) is 4.87. The standard InChI is InChI=1S/C14H17N3O2S/c1-10(2)7-11-8-13(20-9-14(18)19)17(16-11)12-3-5-15-6-4-12/h3-6,8,10H,7,9H2,1-2H3,(H,18,19). The summed E-state index contributed by atoms with van der Waals surface area (Å²) < 4.78 is 1.78. The fourth-order valence-corrected chi connectivity index (χ4v) is 2.60. The van der Waals surface area contributed by atoms with E-state index in [0.29, 0.717) is 5.92 Å². The number of pyridine rings is 1. The van der Waals surface area contributed by atoms with Gasteiger partial charge in [0.25, 0.3) is 0 Å². The van der Waals surface area contributed by atoms with Crippen LogP contribution in [0.25, 0.3) is 5.69 Å². The Kier molecular flexibility index (Phi) is 4.79. The van der Waals surface area contributed by atoms with Gasteiger partial charge in [-0.25, -0.2) is 4.68 Å². The third-order valence-electron chi connectivity index (χ3n) is 2.60. The summed E-state index contributed by atoms with van der Waals surface area (Å²) in [5, 5.41) is 14.2. The van der Waals surface area contributed by atoms with Crippen molar-refractivity contribution >= 4 is 17.7 Å². The van der Waals surface area contributed by atoms with Gasteiger partial charge in [-0.2, -0.15) is 5.10 Å². The molecule has 0 atom stereocenters. The third kappa shape index (κ3) is 3.84. The topological polar surface area (TPSA) is 68.0 Å². The van der Waals surface area contributed by atoms with Crippen LogP contribution in [0, 0.1) is 5.92 Å². The number of aromatic nitrogens is 3. The Morgan fingerprint density at radius 1 is 1.40 bits per heavy atom. The predicted octanol–water partition coefficient (Wildman–Crippen LogP) is 2.64. The Morgan fingerprint density at radius 2 is 2.10 bits per heavy atom. The molecule has 0 aliphatic heterocycles. The van der Waals surface area contributed by atoms with Gasteiger partial charge in [0.1, 0.15) is 5.03 Å². The summed E-state index contributed by atoms with van der Waals surface area (Å²) in [7, 11) is 0. The van der Waals surface area contributed by atoms with Crippen LogP contribution in [-0.2, 0) is 11.2 Å². The molecule has 0 saturated carbocycles. The Balaban J connectivity index is 2.31. The number of hydrogen-bond acceptors (Lipinski definition) is 4. The molecule has 0 aliphatic rings. The average molecular weight is 291 g/mol. The van der Waals surface area contributed by atoms with Crippen molar-refractivity contribution in [3.05, 3.63) is 36.3 Å². The number of rotatable bonds is 6. The summed E-state index contributed by atoms with van der Waals surface area (Å²) in [4.78, 5) is 14.7. The molecule has 2 aromatic rings. The Morgan fingerprint density at radius 3 is 2.70 bits per heavy atom. The number of aliphatic carboxylic acids is 1. The molecule has 5 nitrogen and oxygen atoms in total. The van der Waals surface area contributed by atoms with Gasteiger partial charge >= 0.3 is 5.97 Å². The van der Waals surface area contributed by atoms with Gasteiger partial charge < -0.3 is 5.11 Å². The third-order valence-corrected chi connectivity index (χ3v) is 3.57. The zero-order valence-corrected chi connectivity index (χ0v) is 12.3. The van der Waals surface area contributed by atoms with Gasteiger partial charge in [-0.05, 0) is 30.5 Å². The molecule has 1 N–H and O–H groups in total. The SMILES string of the molecule is CC(C)Cc1cc(SCC(=O)O)n(-c2ccncc2)n1. The van der Waals surface area contributed by atoms with Gasteiger partial charge in [0.15, 0.2) is 0 Å². The molecule has 2 aromatic heterocycles. The molecule has 0 aromatic carbocycles. The lowest BCUT2D eigenvalue weighted by Crippen LogP contribution is -2.03. The lowest BCUT2D eigenvalue weighted by atomic mass is 10.1. The van der Waals surface area contributed by atoms with Crippen molar-refractivity contribution in [2.24, 2.45) is 5.92 Å². The monoisotopic (exact) mass is 291 g/mol. The molecule has 0 radical (unpaired) electrons. The molecule has 0 aliphatic carbocycles. The van der Waals surface area contributed by atoms with Crippen LogP contribution in [0.1, 0.15) is 19.5 Å². The minimum absolute atomic E-state index is 0.0257. The van der Waals surface area contributed by atoms with Crippen molar-refractivity contribution in [3.8, 4) is 5.69 Å². The molecular formula is C14H17N3O2S. The summed E-state index contributed by atoms with van der Waals surface area (Å²) >= 11 is 1.28. The van der Waals surface area contributed by atoms with E-state index in [4.69, 9.17) is 5.11 Å².